The molecular formula is C14H28N2O2. The van der Waals surface area contributed by atoms with E-state index in [2.05, 4.69) is 31.0 Å². The molecule has 0 aromatic rings. The van der Waals surface area contributed by atoms with Crippen molar-refractivity contribution in [2.45, 2.75) is 46.1 Å². The van der Waals surface area contributed by atoms with Crippen LogP contribution in [0.3, 0.4) is 0 Å². The molecule has 1 atom stereocenters. The third kappa shape index (κ3) is 4.94. The number of nitrogens with one attached hydrogen (secondary N) is 1. The smallest absolute Gasteiger partial charge is 0.323 e. The van der Waals surface area contributed by atoms with E-state index in [0.29, 0.717) is 0 Å². The van der Waals surface area contributed by atoms with Crippen molar-refractivity contribution in [2.24, 2.45) is 5.41 Å². The Morgan fingerprint density at radius 3 is 2.39 bits per heavy atom. The van der Waals surface area contributed by atoms with Crippen molar-refractivity contribution in [3.05, 3.63) is 0 Å². The number of piperidine rings is 1. The van der Waals surface area contributed by atoms with Crippen LogP contribution in [-0.4, -0.2) is 50.2 Å². The van der Waals surface area contributed by atoms with E-state index in [1.165, 1.54) is 39.5 Å². The lowest BCUT2D eigenvalue weighted by molar-refractivity contribution is -0.146. The first-order valence-corrected chi connectivity index (χ1v) is 6.98. The highest BCUT2D eigenvalue weighted by molar-refractivity contribution is 5.76. The maximum Gasteiger partial charge on any atom is 0.323 e. The number of hydrogen-bond donors (Lipinski definition) is 1. The predicted molar refractivity (Wildman–Crippen MR) is 73.6 cm³/mol. The summed E-state index contributed by atoms with van der Waals surface area (Å²) in [5, 5.41) is 3.34. The second kappa shape index (κ2) is 7.10. The largest absolute Gasteiger partial charge is 0.468 e. The minimum Gasteiger partial charge on any atom is -0.468 e. The highest BCUT2D eigenvalue weighted by Crippen LogP contribution is 2.20. The number of carbonyl (C=O) groups excluding carboxylic acids is 1. The van der Waals surface area contributed by atoms with Crippen molar-refractivity contribution < 1.29 is 9.53 Å². The van der Waals surface area contributed by atoms with Crippen LogP contribution in [0.4, 0.5) is 0 Å². The number of ether oxygens (including phenoxy) is 1. The van der Waals surface area contributed by atoms with Gasteiger partial charge in [0.1, 0.15) is 6.04 Å². The third-order valence-corrected chi connectivity index (χ3v) is 3.53. The average Bonchev–Trinajstić information content (AvgIpc) is 2.33. The molecule has 106 valence electrons. The molecule has 0 amide bonds. The summed E-state index contributed by atoms with van der Waals surface area (Å²) >= 11 is 0. The molecule has 0 radical (unpaired) electrons. The van der Waals surface area contributed by atoms with Crippen molar-refractivity contribution in [1.82, 2.24) is 10.2 Å². The van der Waals surface area contributed by atoms with E-state index in [1.54, 1.807) is 0 Å². The van der Waals surface area contributed by atoms with Crippen LogP contribution in [0.2, 0.25) is 0 Å². The molecule has 0 aliphatic carbocycles. The van der Waals surface area contributed by atoms with Crippen molar-refractivity contribution in [2.75, 3.05) is 33.3 Å². The molecule has 1 rings (SSSR count). The monoisotopic (exact) mass is 256 g/mol. The highest BCUT2D eigenvalue weighted by atomic mass is 16.5. The summed E-state index contributed by atoms with van der Waals surface area (Å²) in [6.07, 6.45) is 3.97. The fraction of sp³-hybridized carbons (Fsp3) is 0.929. The fourth-order valence-electron chi connectivity index (χ4n) is 2.41. The number of esters is 1. The molecule has 0 aromatic heterocycles. The molecule has 1 saturated heterocycles. The molecule has 4 heteroatoms. The molecule has 0 saturated carbocycles. The standard InChI is InChI=1S/C14H28N2O2/c1-14(2,3)12(13(17)18-4)15-8-11-16-9-6-5-7-10-16/h12,15H,5-11H2,1-4H3/t12-/m1/s1. The summed E-state index contributed by atoms with van der Waals surface area (Å²) in [7, 11) is 1.45. The van der Waals surface area contributed by atoms with Crippen LogP contribution in [-0.2, 0) is 9.53 Å². The number of rotatable bonds is 5. The van der Waals surface area contributed by atoms with Crippen molar-refractivity contribution in [3.63, 3.8) is 0 Å². The Bertz CT molecular complexity index is 255. The topological polar surface area (TPSA) is 41.6 Å². The molecule has 0 spiro atoms. The van der Waals surface area contributed by atoms with Gasteiger partial charge >= 0.3 is 5.97 Å². The molecule has 4 nitrogen and oxygen atoms in total. The summed E-state index contributed by atoms with van der Waals surface area (Å²) in [5.74, 6) is -0.166. The van der Waals surface area contributed by atoms with Gasteiger partial charge in [-0.3, -0.25) is 4.79 Å². The zero-order chi connectivity index (χ0) is 13.6. The first-order valence-electron chi connectivity index (χ1n) is 6.98. The molecule has 1 N–H and O–H groups in total. The van der Waals surface area contributed by atoms with Gasteiger partial charge in [-0.1, -0.05) is 27.2 Å². The van der Waals surface area contributed by atoms with Crippen molar-refractivity contribution in [1.29, 1.82) is 0 Å². The molecule has 0 bridgehead atoms. The zero-order valence-corrected chi connectivity index (χ0v) is 12.3. The third-order valence-electron chi connectivity index (χ3n) is 3.53. The van der Waals surface area contributed by atoms with Gasteiger partial charge in [0.25, 0.3) is 0 Å². The van der Waals surface area contributed by atoms with Gasteiger partial charge in [-0.25, -0.2) is 0 Å². The van der Waals surface area contributed by atoms with Gasteiger partial charge in [0.2, 0.25) is 0 Å². The van der Waals surface area contributed by atoms with Crippen molar-refractivity contribution in [3.8, 4) is 0 Å². The van der Waals surface area contributed by atoms with E-state index in [4.69, 9.17) is 4.74 Å². The minimum atomic E-state index is -0.229. The Labute approximate surface area is 111 Å². The molecule has 1 fully saturated rings. The van der Waals surface area contributed by atoms with Crippen LogP contribution in [0, 0.1) is 5.41 Å². The molecule has 1 heterocycles. The summed E-state index contributed by atoms with van der Waals surface area (Å²) in [6.45, 7) is 10.4. The lowest BCUT2D eigenvalue weighted by Gasteiger charge is -2.31. The van der Waals surface area contributed by atoms with Crippen LogP contribution >= 0.6 is 0 Å². The van der Waals surface area contributed by atoms with E-state index >= 15 is 0 Å². The Kier molecular flexibility index (Phi) is 6.09. The van der Waals surface area contributed by atoms with Gasteiger partial charge in [-0.15, -0.1) is 0 Å². The zero-order valence-electron chi connectivity index (χ0n) is 12.3. The Morgan fingerprint density at radius 1 is 1.28 bits per heavy atom. The van der Waals surface area contributed by atoms with Gasteiger partial charge in [0.15, 0.2) is 0 Å². The quantitative estimate of drug-likeness (QED) is 0.760. The van der Waals surface area contributed by atoms with Crippen LogP contribution < -0.4 is 5.32 Å². The second-order valence-electron chi connectivity index (χ2n) is 6.18. The predicted octanol–water partition coefficient (Wildman–Crippen LogP) is 1.65. The first kappa shape index (κ1) is 15.4. The Morgan fingerprint density at radius 2 is 1.89 bits per heavy atom. The SMILES string of the molecule is COC(=O)[C@@H](NCCN1CCCCC1)C(C)(C)C. The van der Waals surface area contributed by atoms with E-state index in [1.807, 2.05) is 0 Å². The summed E-state index contributed by atoms with van der Waals surface area (Å²) in [4.78, 5) is 14.2. The van der Waals surface area contributed by atoms with E-state index in [-0.39, 0.29) is 17.4 Å². The number of nitrogens with zero attached hydrogens (tertiary/aromatic N) is 1. The number of hydrogen-bond acceptors (Lipinski definition) is 4. The fourth-order valence-corrected chi connectivity index (χ4v) is 2.41. The highest BCUT2D eigenvalue weighted by Gasteiger charge is 2.31. The lowest BCUT2D eigenvalue weighted by Crippen LogP contribution is -2.49. The van der Waals surface area contributed by atoms with Crippen LogP contribution in [0.1, 0.15) is 40.0 Å². The summed E-state index contributed by atoms with van der Waals surface area (Å²) in [6, 6.07) is -0.229. The molecule has 18 heavy (non-hydrogen) atoms. The van der Waals surface area contributed by atoms with Crippen molar-refractivity contribution >= 4 is 5.97 Å². The number of likely N-dealkylation sites (tertiary alicyclic amines) is 1. The van der Waals surface area contributed by atoms with E-state index in [0.717, 1.165) is 13.1 Å². The second-order valence-corrected chi connectivity index (χ2v) is 6.18. The normalized spacial score (nSPS) is 19.6. The van der Waals surface area contributed by atoms with Gasteiger partial charge in [0.05, 0.1) is 7.11 Å². The van der Waals surface area contributed by atoms with Gasteiger partial charge in [-0.2, -0.15) is 0 Å². The molecular weight excluding hydrogens is 228 g/mol. The number of methoxy groups -OCH3 is 1. The molecule has 0 aromatic carbocycles. The maximum absolute atomic E-state index is 11.7. The van der Waals surface area contributed by atoms with Crippen LogP contribution in [0.25, 0.3) is 0 Å². The molecule has 0 unspecified atom stereocenters. The van der Waals surface area contributed by atoms with Gasteiger partial charge < -0.3 is 15.0 Å². The molecule has 1 aliphatic rings. The summed E-state index contributed by atoms with van der Waals surface area (Å²) < 4.78 is 4.87. The van der Waals surface area contributed by atoms with Crippen LogP contribution in [0.15, 0.2) is 0 Å². The number of carbonyl (C=O) groups is 1. The minimum absolute atomic E-state index is 0.116. The van der Waals surface area contributed by atoms with Gasteiger partial charge in [0, 0.05) is 13.1 Å². The first-order chi connectivity index (χ1) is 8.45. The average molecular weight is 256 g/mol. The Hall–Kier alpha value is -0.610. The Balaban J connectivity index is 2.35. The molecule has 1 aliphatic heterocycles. The van der Waals surface area contributed by atoms with Crippen LogP contribution in [0.5, 0.6) is 0 Å². The van der Waals surface area contributed by atoms with E-state index in [9.17, 15) is 4.79 Å². The lowest BCUT2D eigenvalue weighted by atomic mass is 9.87. The van der Waals surface area contributed by atoms with E-state index < -0.39 is 0 Å². The summed E-state index contributed by atoms with van der Waals surface area (Å²) in [5.41, 5.74) is -0.116. The van der Waals surface area contributed by atoms with Gasteiger partial charge in [-0.05, 0) is 31.3 Å². The maximum atomic E-state index is 11.7.